The van der Waals surface area contributed by atoms with Crippen molar-refractivity contribution in [3.63, 3.8) is 0 Å². The predicted octanol–water partition coefficient (Wildman–Crippen LogP) is -0.770. The number of hydrogen-bond donors (Lipinski definition) is 1. The van der Waals surface area contributed by atoms with Crippen LogP contribution in [0.4, 0.5) is 0 Å². The van der Waals surface area contributed by atoms with E-state index in [1.54, 1.807) is 6.33 Å². The standard InChI is InChI=1S/C5H6N2/c1-4-5(2)7-3-6-4/h3H,1-2H2,(H,6,7). The van der Waals surface area contributed by atoms with Crippen LogP contribution in [0.5, 0.6) is 0 Å². The Morgan fingerprint density at radius 2 is 2.29 bits per heavy atom. The van der Waals surface area contributed by atoms with Crippen molar-refractivity contribution in [2.45, 2.75) is 0 Å². The van der Waals surface area contributed by atoms with Crippen LogP contribution in [0.1, 0.15) is 0 Å². The number of rotatable bonds is 0. The highest BCUT2D eigenvalue weighted by Crippen LogP contribution is 1.42. The number of hydrogen-bond acceptors (Lipinski definition) is 1. The van der Waals surface area contributed by atoms with E-state index in [0.29, 0.717) is 0 Å². The molecule has 36 valence electrons. The summed E-state index contributed by atoms with van der Waals surface area (Å²) in [5.74, 6) is 0. The van der Waals surface area contributed by atoms with E-state index in [1.807, 2.05) is 0 Å². The number of aromatic amines is 1. The summed E-state index contributed by atoms with van der Waals surface area (Å²) in [7, 11) is 0. The summed E-state index contributed by atoms with van der Waals surface area (Å²) in [5, 5.41) is 1.51. The smallest absolute Gasteiger partial charge is 0.0931 e. The summed E-state index contributed by atoms with van der Waals surface area (Å²) in [6, 6.07) is 0. The maximum atomic E-state index is 3.79. The SMILES string of the molecule is C=c1nc[nH]c1=C. The Kier molecular flexibility index (Phi) is 0.719. The van der Waals surface area contributed by atoms with Gasteiger partial charge in [-0.05, 0) is 0 Å². The van der Waals surface area contributed by atoms with Crippen molar-refractivity contribution in [2.75, 3.05) is 0 Å². The molecule has 0 saturated carbocycles. The Morgan fingerprint density at radius 1 is 1.57 bits per heavy atom. The topological polar surface area (TPSA) is 28.7 Å². The first kappa shape index (κ1) is 4.12. The van der Waals surface area contributed by atoms with Crippen molar-refractivity contribution in [1.29, 1.82) is 0 Å². The van der Waals surface area contributed by atoms with E-state index in [0.717, 1.165) is 10.7 Å². The minimum Gasteiger partial charge on any atom is -0.345 e. The molecule has 1 heterocycles. The molecule has 0 aliphatic carbocycles. The summed E-state index contributed by atoms with van der Waals surface area (Å²) < 4.78 is 0. The lowest BCUT2D eigenvalue weighted by Crippen LogP contribution is -2.19. The molecule has 0 unspecified atom stereocenters. The van der Waals surface area contributed by atoms with E-state index in [2.05, 4.69) is 23.1 Å². The van der Waals surface area contributed by atoms with E-state index >= 15 is 0 Å². The van der Waals surface area contributed by atoms with Gasteiger partial charge in [0.2, 0.25) is 0 Å². The Bertz CT molecular complexity index is 210. The average Bonchev–Trinajstić information content (AvgIpc) is 1.91. The molecule has 0 aliphatic heterocycles. The van der Waals surface area contributed by atoms with Gasteiger partial charge in [-0.3, -0.25) is 0 Å². The third kappa shape index (κ3) is 0.538. The van der Waals surface area contributed by atoms with E-state index in [9.17, 15) is 0 Å². The van der Waals surface area contributed by atoms with Crippen LogP contribution in [-0.4, -0.2) is 9.97 Å². The third-order valence-electron chi connectivity index (χ3n) is 0.808. The predicted molar refractivity (Wildman–Crippen MR) is 28.9 cm³/mol. The quantitative estimate of drug-likeness (QED) is 0.449. The Labute approximate surface area is 41.2 Å². The molecule has 0 saturated heterocycles. The van der Waals surface area contributed by atoms with Gasteiger partial charge in [0.15, 0.2) is 0 Å². The van der Waals surface area contributed by atoms with Crippen molar-refractivity contribution in [3.8, 4) is 0 Å². The van der Waals surface area contributed by atoms with Gasteiger partial charge in [-0.15, -0.1) is 0 Å². The van der Waals surface area contributed by atoms with Gasteiger partial charge in [-0.1, -0.05) is 13.2 Å². The molecular weight excluding hydrogens is 88.1 g/mol. The molecule has 1 N–H and O–H groups in total. The summed E-state index contributed by atoms with van der Waals surface area (Å²) in [5.41, 5.74) is 0. The van der Waals surface area contributed by atoms with E-state index in [4.69, 9.17) is 0 Å². The van der Waals surface area contributed by atoms with Crippen molar-refractivity contribution in [2.24, 2.45) is 0 Å². The van der Waals surface area contributed by atoms with E-state index < -0.39 is 0 Å². The van der Waals surface area contributed by atoms with Crippen LogP contribution in [0.15, 0.2) is 6.33 Å². The van der Waals surface area contributed by atoms with Crippen molar-refractivity contribution in [3.05, 3.63) is 17.0 Å². The van der Waals surface area contributed by atoms with Gasteiger partial charge in [0.25, 0.3) is 0 Å². The second-order valence-electron chi connectivity index (χ2n) is 1.33. The molecule has 1 rings (SSSR count). The Balaban J connectivity index is 3.71. The summed E-state index contributed by atoms with van der Waals surface area (Å²) in [6.07, 6.45) is 1.57. The van der Waals surface area contributed by atoms with E-state index in [-0.39, 0.29) is 0 Å². The number of H-pyrrole nitrogens is 1. The monoisotopic (exact) mass is 94.1 g/mol. The van der Waals surface area contributed by atoms with Crippen LogP contribution in [-0.2, 0) is 0 Å². The van der Waals surface area contributed by atoms with Crippen LogP contribution in [0.25, 0.3) is 13.2 Å². The third-order valence-corrected chi connectivity index (χ3v) is 0.808. The van der Waals surface area contributed by atoms with Crippen molar-refractivity contribution < 1.29 is 0 Å². The summed E-state index contributed by atoms with van der Waals surface area (Å²) in [4.78, 5) is 6.57. The average molecular weight is 94.1 g/mol. The maximum Gasteiger partial charge on any atom is 0.0931 e. The fourth-order valence-electron chi connectivity index (χ4n) is 0.349. The van der Waals surface area contributed by atoms with Crippen LogP contribution in [0.3, 0.4) is 0 Å². The summed E-state index contributed by atoms with van der Waals surface area (Å²) >= 11 is 0. The van der Waals surface area contributed by atoms with Crippen LogP contribution < -0.4 is 10.7 Å². The molecule has 1 aromatic heterocycles. The molecule has 0 atom stereocenters. The maximum absolute atomic E-state index is 3.79. The molecule has 0 fully saturated rings. The normalized spacial score (nSPS) is 9.14. The zero-order valence-corrected chi connectivity index (χ0v) is 3.94. The lowest BCUT2D eigenvalue weighted by molar-refractivity contribution is 1.29. The second kappa shape index (κ2) is 1.22. The molecule has 1 aromatic rings. The second-order valence-corrected chi connectivity index (χ2v) is 1.33. The van der Waals surface area contributed by atoms with Gasteiger partial charge in [0, 0.05) is 0 Å². The van der Waals surface area contributed by atoms with E-state index in [1.165, 1.54) is 0 Å². The van der Waals surface area contributed by atoms with Gasteiger partial charge in [-0.2, -0.15) is 0 Å². The zero-order valence-electron chi connectivity index (χ0n) is 3.94. The highest BCUT2D eigenvalue weighted by molar-refractivity contribution is 5.01. The zero-order chi connectivity index (χ0) is 5.28. The minimum absolute atomic E-state index is 0.722. The van der Waals surface area contributed by atoms with Crippen molar-refractivity contribution >= 4 is 13.2 Å². The lowest BCUT2D eigenvalue weighted by atomic mass is 10.6. The van der Waals surface area contributed by atoms with Crippen LogP contribution >= 0.6 is 0 Å². The molecular formula is C5H6N2. The minimum atomic E-state index is 0.722. The highest BCUT2D eigenvalue weighted by atomic mass is 14.8. The Morgan fingerprint density at radius 3 is 2.43 bits per heavy atom. The highest BCUT2D eigenvalue weighted by Gasteiger charge is 1.73. The number of nitrogens with one attached hydrogen (secondary N) is 1. The van der Waals surface area contributed by atoms with Crippen LogP contribution in [0, 0.1) is 0 Å². The Hall–Kier alpha value is -1.05. The number of aromatic nitrogens is 2. The molecule has 0 amide bonds. The van der Waals surface area contributed by atoms with Crippen molar-refractivity contribution in [1.82, 2.24) is 9.97 Å². The molecule has 2 heteroatoms. The van der Waals surface area contributed by atoms with Crippen LogP contribution in [0.2, 0.25) is 0 Å². The molecule has 0 spiro atoms. The van der Waals surface area contributed by atoms with Gasteiger partial charge in [-0.25, -0.2) is 4.98 Å². The number of imidazole rings is 1. The molecule has 2 nitrogen and oxygen atoms in total. The lowest BCUT2D eigenvalue weighted by Gasteiger charge is -1.59. The van der Waals surface area contributed by atoms with Gasteiger partial charge in [0.1, 0.15) is 0 Å². The molecule has 0 aliphatic rings. The molecule has 7 heavy (non-hydrogen) atoms. The van der Waals surface area contributed by atoms with Gasteiger partial charge < -0.3 is 4.98 Å². The fourth-order valence-corrected chi connectivity index (χ4v) is 0.349. The molecule has 0 bridgehead atoms. The number of nitrogens with zero attached hydrogens (tertiary/aromatic N) is 1. The fraction of sp³-hybridized carbons (Fsp3) is 0. The summed E-state index contributed by atoms with van der Waals surface area (Å²) in [6.45, 7) is 7.17. The first-order chi connectivity index (χ1) is 3.30. The molecule has 0 radical (unpaired) electrons. The first-order valence-corrected chi connectivity index (χ1v) is 1.98. The largest absolute Gasteiger partial charge is 0.345 e. The first-order valence-electron chi connectivity index (χ1n) is 1.98. The molecule has 0 aromatic carbocycles. The van der Waals surface area contributed by atoms with Gasteiger partial charge in [0.05, 0.1) is 17.0 Å². The van der Waals surface area contributed by atoms with Gasteiger partial charge >= 0.3 is 0 Å².